The van der Waals surface area contributed by atoms with E-state index in [4.69, 9.17) is 14.2 Å². The zero-order chi connectivity index (χ0) is 31.2. The highest BCUT2D eigenvalue weighted by Gasteiger charge is 2.33. The van der Waals surface area contributed by atoms with E-state index in [9.17, 15) is 22.4 Å². The molecule has 2 aliphatic carbocycles. The van der Waals surface area contributed by atoms with Crippen LogP contribution in [0.5, 0.6) is 11.5 Å². The van der Waals surface area contributed by atoms with Crippen molar-refractivity contribution in [3.8, 4) is 22.6 Å². The van der Waals surface area contributed by atoms with Crippen LogP contribution >= 0.6 is 0 Å². The Morgan fingerprint density at radius 1 is 0.682 bits per heavy atom. The molecule has 5 rings (SSSR count). The highest BCUT2D eigenvalue weighted by Crippen LogP contribution is 2.40. The van der Waals surface area contributed by atoms with E-state index >= 15 is 0 Å². The minimum absolute atomic E-state index is 0.0619. The molecule has 4 nitrogen and oxygen atoms in total. The molecule has 0 heterocycles. The first kappa shape index (κ1) is 31.9. The number of halogens is 4. The molecule has 3 aromatic carbocycles. The smallest absolute Gasteiger partial charge is 0.309 e. The first-order valence-corrected chi connectivity index (χ1v) is 15.8. The van der Waals surface area contributed by atoms with Crippen molar-refractivity contribution >= 4 is 5.97 Å². The molecule has 0 aromatic heterocycles. The SMILES string of the molecule is CCCOc1ccc(C2CCC(C(=O)OC3CCC(c4ccc(-c5ccc(OCC)c(F)c5F)cc4)CC3)CC2)c(F)c1F. The quantitative estimate of drug-likeness (QED) is 0.169. The number of rotatable bonds is 10. The summed E-state index contributed by atoms with van der Waals surface area (Å²) in [6.07, 6.45) is 6.15. The molecule has 0 aliphatic heterocycles. The van der Waals surface area contributed by atoms with Gasteiger partial charge in [-0.3, -0.25) is 4.79 Å². The summed E-state index contributed by atoms with van der Waals surface area (Å²) in [6, 6.07) is 13.6. The summed E-state index contributed by atoms with van der Waals surface area (Å²) < 4.78 is 74.6. The topological polar surface area (TPSA) is 44.8 Å². The molecular weight excluding hydrogens is 572 g/mol. The van der Waals surface area contributed by atoms with Crippen molar-refractivity contribution in [3.05, 3.63) is 82.9 Å². The molecule has 0 amide bonds. The lowest BCUT2D eigenvalue weighted by molar-refractivity contribution is -0.157. The molecule has 0 radical (unpaired) electrons. The molecule has 8 heteroatoms. The molecule has 0 atom stereocenters. The standard InChI is InChI=1S/C36H40F4O4/c1-3-21-43-31-20-18-29(33(38)35(31)40)25-9-11-26(12-10-25)36(41)44-27-15-13-23(14-16-27)22-5-7-24(8-6-22)28-17-19-30(42-4-2)34(39)32(28)37/h5-8,17-20,23,25-27H,3-4,9-16,21H2,1-2H3. The van der Waals surface area contributed by atoms with E-state index < -0.39 is 23.3 Å². The number of ether oxygens (including phenoxy) is 3. The van der Waals surface area contributed by atoms with Crippen molar-refractivity contribution in [1.82, 2.24) is 0 Å². The Hall–Kier alpha value is -3.55. The first-order chi connectivity index (χ1) is 21.3. The predicted molar refractivity (Wildman–Crippen MR) is 161 cm³/mol. The highest BCUT2D eigenvalue weighted by molar-refractivity contribution is 5.72. The van der Waals surface area contributed by atoms with Crippen molar-refractivity contribution in [2.24, 2.45) is 5.92 Å². The van der Waals surface area contributed by atoms with Gasteiger partial charge in [0.15, 0.2) is 23.1 Å². The van der Waals surface area contributed by atoms with Crippen molar-refractivity contribution in [2.75, 3.05) is 13.2 Å². The fraction of sp³-hybridized carbons (Fsp3) is 0.472. The summed E-state index contributed by atoms with van der Waals surface area (Å²) in [5.41, 5.74) is 2.25. The Bertz CT molecular complexity index is 1430. The van der Waals surface area contributed by atoms with E-state index in [0.29, 0.717) is 55.8 Å². The Morgan fingerprint density at radius 2 is 1.30 bits per heavy atom. The van der Waals surface area contributed by atoms with Crippen LogP contribution in [0.25, 0.3) is 11.1 Å². The van der Waals surface area contributed by atoms with Gasteiger partial charge in [0.05, 0.1) is 19.1 Å². The van der Waals surface area contributed by atoms with Crippen LogP contribution in [-0.2, 0) is 9.53 Å². The average Bonchev–Trinajstić information content (AvgIpc) is 3.05. The second-order valence-corrected chi connectivity index (χ2v) is 11.9. The monoisotopic (exact) mass is 612 g/mol. The molecule has 0 bridgehead atoms. The Balaban J connectivity index is 1.09. The van der Waals surface area contributed by atoms with E-state index in [-0.39, 0.29) is 47.6 Å². The highest BCUT2D eigenvalue weighted by atomic mass is 19.2. The molecule has 0 N–H and O–H groups in total. The molecule has 2 saturated carbocycles. The molecule has 0 unspecified atom stereocenters. The van der Waals surface area contributed by atoms with Gasteiger partial charge in [-0.15, -0.1) is 0 Å². The summed E-state index contributed by atoms with van der Waals surface area (Å²) in [5.74, 6) is -4.14. The van der Waals surface area contributed by atoms with Crippen molar-refractivity contribution in [2.45, 2.75) is 89.6 Å². The minimum atomic E-state index is -0.985. The number of carbonyl (C=O) groups is 1. The number of benzene rings is 3. The normalized spacial score (nSPS) is 22.0. The molecule has 2 fully saturated rings. The predicted octanol–water partition coefficient (Wildman–Crippen LogP) is 9.64. The average molecular weight is 613 g/mol. The maximum Gasteiger partial charge on any atom is 0.309 e. The zero-order valence-electron chi connectivity index (χ0n) is 25.4. The van der Waals surface area contributed by atoms with Crippen molar-refractivity contribution < 1.29 is 36.6 Å². The zero-order valence-corrected chi connectivity index (χ0v) is 25.4. The Morgan fingerprint density at radius 3 is 1.95 bits per heavy atom. The van der Waals surface area contributed by atoms with E-state index in [1.54, 1.807) is 13.0 Å². The van der Waals surface area contributed by atoms with Gasteiger partial charge in [-0.25, -0.2) is 8.78 Å². The lowest BCUT2D eigenvalue weighted by atomic mass is 9.78. The van der Waals surface area contributed by atoms with Crippen LogP contribution in [0.15, 0.2) is 48.5 Å². The Kier molecular flexibility index (Phi) is 10.5. The number of carbonyl (C=O) groups excluding carboxylic acids is 1. The first-order valence-electron chi connectivity index (χ1n) is 15.8. The van der Waals surface area contributed by atoms with Gasteiger partial charge in [-0.2, -0.15) is 8.78 Å². The third-order valence-electron chi connectivity index (χ3n) is 9.04. The van der Waals surface area contributed by atoms with Gasteiger partial charge in [0.1, 0.15) is 6.10 Å². The van der Waals surface area contributed by atoms with Crippen LogP contribution in [0.2, 0.25) is 0 Å². The number of hydrogen-bond donors (Lipinski definition) is 0. The lowest BCUT2D eigenvalue weighted by Crippen LogP contribution is -2.29. The summed E-state index contributed by atoms with van der Waals surface area (Å²) in [7, 11) is 0. The number of esters is 1. The molecule has 3 aromatic rings. The third kappa shape index (κ3) is 7.05. The number of hydrogen-bond acceptors (Lipinski definition) is 4. The van der Waals surface area contributed by atoms with E-state index in [2.05, 4.69) is 0 Å². The molecule has 0 spiro atoms. The van der Waals surface area contributed by atoms with E-state index in [0.717, 1.165) is 31.2 Å². The van der Waals surface area contributed by atoms with Gasteiger partial charge in [0.2, 0.25) is 11.6 Å². The van der Waals surface area contributed by atoms with Crippen LogP contribution in [0, 0.1) is 29.2 Å². The molecule has 44 heavy (non-hydrogen) atoms. The van der Waals surface area contributed by atoms with Crippen LogP contribution in [-0.4, -0.2) is 25.3 Å². The van der Waals surface area contributed by atoms with Crippen molar-refractivity contribution in [3.63, 3.8) is 0 Å². The van der Waals surface area contributed by atoms with Gasteiger partial charge >= 0.3 is 5.97 Å². The third-order valence-corrected chi connectivity index (χ3v) is 9.04. The second kappa shape index (κ2) is 14.5. The lowest BCUT2D eigenvalue weighted by Gasteiger charge is -2.32. The van der Waals surface area contributed by atoms with Crippen LogP contribution in [0.3, 0.4) is 0 Å². The maximum absolute atomic E-state index is 14.8. The van der Waals surface area contributed by atoms with Crippen molar-refractivity contribution in [1.29, 1.82) is 0 Å². The Labute approximate surface area is 256 Å². The molecule has 0 saturated heterocycles. The van der Waals surface area contributed by atoms with Gasteiger partial charge < -0.3 is 14.2 Å². The summed E-state index contributed by atoms with van der Waals surface area (Å²) >= 11 is 0. The molecule has 2 aliphatic rings. The minimum Gasteiger partial charge on any atom is -0.491 e. The van der Waals surface area contributed by atoms with Crippen LogP contribution in [0.1, 0.15) is 94.6 Å². The fourth-order valence-electron chi connectivity index (χ4n) is 6.56. The summed E-state index contributed by atoms with van der Waals surface area (Å²) in [6.45, 7) is 4.20. The van der Waals surface area contributed by atoms with Gasteiger partial charge in [-0.1, -0.05) is 37.3 Å². The van der Waals surface area contributed by atoms with Gasteiger partial charge in [-0.05, 0) is 111 Å². The van der Waals surface area contributed by atoms with Gasteiger partial charge in [0.25, 0.3) is 0 Å². The summed E-state index contributed by atoms with van der Waals surface area (Å²) in [5, 5.41) is 0. The largest absolute Gasteiger partial charge is 0.491 e. The van der Waals surface area contributed by atoms with Crippen LogP contribution in [0.4, 0.5) is 17.6 Å². The summed E-state index contributed by atoms with van der Waals surface area (Å²) in [4.78, 5) is 13.0. The van der Waals surface area contributed by atoms with Crippen LogP contribution < -0.4 is 9.47 Å². The molecular formula is C36H40F4O4. The van der Waals surface area contributed by atoms with Gasteiger partial charge in [0, 0.05) is 5.56 Å². The second-order valence-electron chi connectivity index (χ2n) is 11.9. The van der Waals surface area contributed by atoms with E-state index in [1.165, 1.54) is 18.2 Å². The molecule has 236 valence electrons. The fourth-order valence-corrected chi connectivity index (χ4v) is 6.56. The van der Waals surface area contributed by atoms with E-state index in [1.807, 2.05) is 31.2 Å². The maximum atomic E-state index is 14.8.